The Kier molecular flexibility index (Phi) is 7.64. The van der Waals surface area contributed by atoms with Crippen LogP contribution in [0.2, 0.25) is 0 Å². The van der Waals surface area contributed by atoms with Crippen LogP contribution in [0.3, 0.4) is 0 Å². The Morgan fingerprint density at radius 3 is 1.96 bits per heavy atom. The van der Waals surface area contributed by atoms with Gasteiger partial charge in [0.25, 0.3) is 0 Å². The van der Waals surface area contributed by atoms with E-state index >= 15 is 0 Å². The summed E-state index contributed by atoms with van der Waals surface area (Å²) in [7, 11) is 0. The predicted molar refractivity (Wildman–Crippen MR) is 99.4 cm³/mol. The minimum absolute atomic E-state index is 0.125. The van der Waals surface area contributed by atoms with Gasteiger partial charge in [0.15, 0.2) is 0 Å². The summed E-state index contributed by atoms with van der Waals surface area (Å²) in [6, 6.07) is 19.3. The molecule has 0 radical (unpaired) electrons. The van der Waals surface area contributed by atoms with Crippen LogP contribution in [0.25, 0.3) is 0 Å². The number of carbonyl (C=O) groups excluding carboxylic acids is 1. The van der Waals surface area contributed by atoms with Crippen molar-refractivity contribution in [3.8, 4) is 0 Å². The van der Waals surface area contributed by atoms with Crippen molar-refractivity contribution in [1.82, 2.24) is 5.32 Å². The minimum Gasteiger partial charge on any atom is -0.389 e. The number of carbonyl (C=O) groups is 1. The molecule has 2 N–H and O–H groups in total. The van der Waals surface area contributed by atoms with Crippen LogP contribution in [0, 0.1) is 5.92 Å². The maximum absolute atomic E-state index is 12.8. The molecular weight excluding hydrogens is 314 g/mol. The smallest absolute Gasteiger partial charge is 0.232 e. The largest absolute Gasteiger partial charge is 0.389 e. The molecule has 2 aromatic carbocycles. The number of amides is 1. The van der Waals surface area contributed by atoms with Crippen LogP contribution in [-0.2, 0) is 9.53 Å². The Balaban J connectivity index is 1.99. The van der Waals surface area contributed by atoms with Crippen molar-refractivity contribution < 1.29 is 14.6 Å². The van der Waals surface area contributed by atoms with Crippen LogP contribution in [0.4, 0.5) is 0 Å². The lowest BCUT2D eigenvalue weighted by molar-refractivity contribution is -0.122. The van der Waals surface area contributed by atoms with Crippen molar-refractivity contribution >= 4 is 5.91 Å². The minimum atomic E-state index is -0.713. The van der Waals surface area contributed by atoms with Gasteiger partial charge in [0.1, 0.15) is 0 Å². The highest BCUT2D eigenvalue weighted by molar-refractivity contribution is 5.87. The van der Waals surface area contributed by atoms with E-state index in [0.717, 1.165) is 11.1 Å². The third-order valence-corrected chi connectivity index (χ3v) is 3.80. The van der Waals surface area contributed by atoms with E-state index in [0.29, 0.717) is 12.5 Å². The molecule has 0 saturated carbocycles. The zero-order chi connectivity index (χ0) is 18.1. The van der Waals surface area contributed by atoms with E-state index in [4.69, 9.17) is 4.74 Å². The first-order valence-corrected chi connectivity index (χ1v) is 8.71. The molecule has 4 nitrogen and oxygen atoms in total. The van der Waals surface area contributed by atoms with Crippen LogP contribution in [-0.4, -0.2) is 36.9 Å². The van der Waals surface area contributed by atoms with Crippen LogP contribution in [0.5, 0.6) is 0 Å². The normalized spacial score (nSPS) is 12.4. The molecule has 0 aliphatic heterocycles. The van der Waals surface area contributed by atoms with Gasteiger partial charge in [-0.1, -0.05) is 74.5 Å². The van der Waals surface area contributed by atoms with Gasteiger partial charge in [-0.3, -0.25) is 4.79 Å². The van der Waals surface area contributed by atoms with Gasteiger partial charge >= 0.3 is 0 Å². The first-order chi connectivity index (χ1) is 12.1. The summed E-state index contributed by atoms with van der Waals surface area (Å²) in [5, 5.41) is 12.8. The third-order valence-electron chi connectivity index (χ3n) is 3.80. The summed E-state index contributed by atoms with van der Waals surface area (Å²) in [5.74, 6) is -0.103. The second kappa shape index (κ2) is 9.97. The number of nitrogens with one attached hydrogen (secondary N) is 1. The van der Waals surface area contributed by atoms with E-state index in [1.54, 1.807) is 0 Å². The average molecular weight is 341 g/mol. The number of aliphatic hydroxyl groups excluding tert-OH is 1. The topological polar surface area (TPSA) is 58.6 Å². The highest BCUT2D eigenvalue weighted by Gasteiger charge is 2.22. The van der Waals surface area contributed by atoms with Crippen LogP contribution in [0.1, 0.15) is 30.9 Å². The van der Waals surface area contributed by atoms with Crippen molar-refractivity contribution in [3.63, 3.8) is 0 Å². The number of hydrogen-bond donors (Lipinski definition) is 2. The van der Waals surface area contributed by atoms with E-state index < -0.39 is 12.0 Å². The molecule has 1 amide bonds. The van der Waals surface area contributed by atoms with Crippen molar-refractivity contribution in [3.05, 3.63) is 71.8 Å². The SMILES string of the molecule is CC(C)COC[C@H](O)CNC(=O)C(c1ccccc1)c1ccccc1. The number of aliphatic hydroxyl groups is 1. The Labute approximate surface area is 149 Å². The van der Waals surface area contributed by atoms with Gasteiger partial charge in [0.2, 0.25) is 5.91 Å². The maximum Gasteiger partial charge on any atom is 0.232 e. The van der Waals surface area contributed by atoms with E-state index in [1.165, 1.54) is 0 Å². The van der Waals surface area contributed by atoms with Crippen LogP contribution < -0.4 is 5.32 Å². The molecule has 134 valence electrons. The Bertz CT molecular complexity index is 589. The lowest BCUT2D eigenvalue weighted by atomic mass is 9.90. The quantitative estimate of drug-likeness (QED) is 0.737. The highest BCUT2D eigenvalue weighted by Crippen LogP contribution is 2.24. The first-order valence-electron chi connectivity index (χ1n) is 8.71. The van der Waals surface area contributed by atoms with Gasteiger partial charge in [-0.25, -0.2) is 0 Å². The molecule has 0 aromatic heterocycles. The lowest BCUT2D eigenvalue weighted by Gasteiger charge is -2.19. The molecule has 0 aliphatic rings. The summed E-state index contributed by atoms with van der Waals surface area (Å²) in [6.07, 6.45) is -0.713. The molecule has 4 heteroatoms. The standard InChI is InChI=1S/C21H27NO3/c1-16(2)14-25-15-19(23)13-22-21(24)20(17-9-5-3-6-10-17)18-11-7-4-8-12-18/h3-12,16,19-20,23H,13-15H2,1-2H3,(H,22,24)/t19-/m1/s1. The van der Waals surface area contributed by atoms with Crippen molar-refractivity contribution in [2.24, 2.45) is 5.92 Å². The molecule has 2 aromatic rings. The molecule has 0 saturated heterocycles. The van der Waals surface area contributed by atoms with Gasteiger partial charge in [0, 0.05) is 13.2 Å². The molecule has 0 heterocycles. The van der Waals surface area contributed by atoms with Gasteiger partial charge in [-0.2, -0.15) is 0 Å². The van der Waals surface area contributed by atoms with Crippen LogP contribution >= 0.6 is 0 Å². The van der Waals surface area contributed by atoms with Gasteiger partial charge in [0.05, 0.1) is 18.6 Å². The fourth-order valence-corrected chi connectivity index (χ4v) is 2.61. The summed E-state index contributed by atoms with van der Waals surface area (Å²) < 4.78 is 5.42. The summed E-state index contributed by atoms with van der Waals surface area (Å²) >= 11 is 0. The monoisotopic (exact) mass is 341 g/mol. The second-order valence-electron chi connectivity index (χ2n) is 6.58. The second-order valence-corrected chi connectivity index (χ2v) is 6.58. The molecule has 0 unspecified atom stereocenters. The van der Waals surface area contributed by atoms with Crippen LogP contribution in [0.15, 0.2) is 60.7 Å². The Morgan fingerprint density at radius 2 is 1.48 bits per heavy atom. The molecule has 0 bridgehead atoms. The molecule has 25 heavy (non-hydrogen) atoms. The van der Waals surface area contributed by atoms with Gasteiger partial charge in [-0.15, -0.1) is 0 Å². The number of rotatable bonds is 9. The molecule has 2 rings (SSSR count). The fraction of sp³-hybridized carbons (Fsp3) is 0.381. The molecule has 0 spiro atoms. The third kappa shape index (κ3) is 6.33. The highest BCUT2D eigenvalue weighted by atomic mass is 16.5. The fourth-order valence-electron chi connectivity index (χ4n) is 2.61. The first kappa shape index (κ1) is 19.2. The molecule has 0 fully saturated rings. The van der Waals surface area contributed by atoms with Crippen molar-refractivity contribution in [2.45, 2.75) is 25.9 Å². The number of hydrogen-bond acceptors (Lipinski definition) is 3. The number of ether oxygens (including phenoxy) is 1. The van der Waals surface area contributed by atoms with E-state index in [-0.39, 0.29) is 19.1 Å². The Hall–Kier alpha value is -2.17. The molecule has 1 atom stereocenters. The summed E-state index contributed by atoms with van der Waals surface area (Å²) in [4.78, 5) is 12.8. The maximum atomic E-state index is 12.8. The summed E-state index contributed by atoms with van der Waals surface area (Å²) in [6.45, 7) is 5.10. The van der Waals surface area contributed by atoms with Crippen molar-refractivity contribution in [2.75, 3.05) is 19.8 Å². The van der Waals surface area contributed by atoms with E-state index in [9.17, 15) is 9.90 Å². The predicted octanol–water partition coefficient (Wildman–Crippen LogP) is 2.97. The van der Waals surface area contributed by atoms with Crippen molar-refractivity contribution in [1.29, 1.82) is 0 Å². The Morgan fingerprint density at radius 1 is 0.960 bits per heavy atom. The summed E-state index contributed by atoms with van der Waals surface area (Å²) in [5.41, 5.74) is 1.86. The lowest BCUT2D eigenvalue weighted by Crippen LogP contribution is -2.37. The van der Waals surface area contributed by atoms with E-state index in [1.807, 2.05) is 60.7 Å². The zero-order valence-electron chi connectivity index (χ0n) is 14.9. The average Bonchev–Trinajstić information content (AvgIpc) is 2.62. The van der Waals surface area contributed by atoms with E-state index in [2.05, 4.69) is 19.2 Å². The zero-order valence-corrected chi connectivity index (χ0v) is 14.9. The number of benzene rings is 2. The molecular formula is C21H27NO3. The molecule has 0 aliphatic carbocycles. The van der Waals surface area contributed by atoms with Gasteiger partial charge < -0.3 is 15.2 Å². The van der Waals surface area contributed by atoms with Gasteiger partial charge in [-0.05, 0) is 17.0 Å².